The van der Waals surface area contributed by atoms with E-state index in [0.29, 0.717) is 5.69 Å². The first-order chi connectivity index (χ1) is 11.6. The first kappa shape index (κ1) is 16.5. The molecule has 0 spiro atoms. The van der Waals surface area contributed by atoms with E-state index < -0.39 is 6.10 Å². The molecule has 1 fully saturated rings. The number of aliphatic hydroxyl groups is 1. The highest BCUT2D eigenvalue weighted by Crippen LogP contribution is 2.24. The number of carbonyl (C=O) groups excluding carboxylic acids is 1. The molecule has 0 saturated heterocycles. The minimum absolute atomic E-state index is 0.264. The minimum Gasteiger partial charge on any atom is -0.488 e. The summed E-state index contributed by atoms with van der Waals surface area (Å²) in [5, 5.41) is 13.6. The van der Waals surface area contributed by atoms with Crippen LogP contribution in [0.2, 0.25) is 0 Å². The molecule has 128 valence electrons. The summed E-state index contributed by atoms with van der Waals surface area (Å²) in [5.74, 6) is 0.471. The van der Waals surface area contributed by atoms with Crippen molar-refractivity contribution in [1.82, 2.24) is 14.9 Å². The lowest BCUT2D eigenvalue weighted by atomic mass is 10.0. The van der Waals surface area contributed by atoms with Gasteiger partial charge >= 0.3 is 0 Å². The van der Waals surface area contributed by atoms with Crippen molar-refractivity contribution >= 4 is 5.91 Å². The lowest BCUT2D eigenvalue weighted by Gasteiger charge is -2.28. The molecule has 0 bridgehead atoms. The van der Waals surface area contributed by atoms with Crippen LogP contribution in [0.1, 0.15) is 36.2 Å². The van der Waals surface area contributed by atoms with Crippen LogP contribution >= 0.6 is 0 Å². The molecule has 6 heteroatoms. The highest BCUT2D eigenvalue weighted by molar-refractivity contribution is 5.92. The van der Waals surface area contributed by atoms with Crippen LogP contribution in [-0.2, 0) is 7.05 Å². The zero-order valence-electron chi connectivity index (χ0n) is 13.8. The average molecular weight is 329 g/mol. The first-order valence-corrected chi connectivity index (χ1v) is 8.32. The molecule has 3 atom stereocenters. The Morgan fingerprint density at radius 3 is 2.75 bits per heavy atom. The van der Waals surface area contributed by atoms with E-state index in [4.69, 9.17) is 4.74 Å². The van der Waals surface area contributed by atoms with Gasteiger partial charge in [0.15, 0.2) is 0 Å². The summed E-state index contributed by atoms with van der Waals surface area (Å²) in [6.45, 7) is 0. The molecular weight excluding hydrogens is 306 g/mol. The molecule has 6 nitrogen and oxygen atoms in total. The third-order valence-corrected chi connectivity index (χ3v) is 4.33. The maximum atomic E-state index is 12.3. The number of hydrogen-bond donors (Lipinski definition) is 2. The van der Waals surface area contributed by atoms with Crippen molar-refractivity contribution in [3.8, 4) is 5.75 Å². The molecule has 1 aliphatic carbocycles. The molecule has 1 aliphatic rings. The molecule has 24 heavy (non-hydrogen) atoms. The summed E-state index contributed by atoms with van der Waals surface area (Å²) in [4.78, 5) is 16.4. The Bertz CT molecular complexity index is 671. The van der Waals surface area contributed by atoms with Crippen LogP contribution in [0.4, 0.5) is 0 Å². The standard InChI is InChI=1S/C18H23N3O3/c1-21-11-15(19-12-21)18(23)20-14-9-5-6-10-16(17(14)22)24-13-7-3-2-4-8-13/h2-4,7-8,11-12,14,16-17,22H,5-6,9-10H2,1H3,(H,20,23)/t14-,16-,17-/m1/s1. The SMILES string of the molecule is Cn1cnc(C(=O)N[C@@H]2CCCC[C@@H](Oc3ccccc3)[C@@H]2O)c1. The zero-order chi connectivity index (χ0) is 16.9. The van der Waals surface area contributed by atoms with Gasteiger partial charge in [0.1, 0.15) is 23.7 Å². The van der Waals surface area contributed by atoms with Crippen LogP contribution in [0.25, 0.3) is 0 Å². The smallest absolute Gasteiger partial charge is 0.271 e. The van der Waals surface area contributed by atoms with Gasteiger partial charge in [0.25, 0.3) is 5.91 Å². The van der Waals surface area contributed by atoms with Gasteiger partial charge < -0.3 is 19.7 Å². The molecule has 1 aromatic heterocycles. The van der Waals surface area contributed by atoms with Gasteiger partial charge in [0, 0.05) is 13.2 Å². The summed E-state index contributed by atoms with van der Waals surface area (Å²) < 4.78 is 7.67. The number of benzene rings is 1. The summed E-state index contributed by atoms with van der Waals surface area (Å²) in [6.07, 6.45) is 5.57. The molecule has 0 unspecified atom stereocenters. The van der Waals surface area contributed by atoms with Crippen molar-refractivity contribution in [2.75, 3.05) is 0 Å². The third kappa shape index (κ3) is 3.94. The number of nitrogens with one attached hydrogen (secondary N) is 1. The summed E-state index contributed by atoms with van der Waals surface area (Å²) in [6, 6.07) is 9.14. The Labute approximate surface area is 141 Å². The average Bonchev–Trinajstić information content (AvgIpc) is 2.96. The van der Waals surface area contributed by atoms with Crippen LogP contribution in [0.15, 0.2) is 42.9 Å². The fourth-order valence-corrected chi connectivity index (χ4v) is 3.04. The van der Waals surface area contributed by atoms with Crippen molar-refractivity contribution in [3.05, 3.63) is 48.5 Å². The topological polar surface area (TPSA) is 76.4 Å². The monoisotopic (exact) mass is 329 g/mol. The van der Waals surface area contributed by atoms with E-state index in [0.717, 1.165) is 31.4 Å². The second-order valence-corrected chi connectivity index (χ2v) is 6.25. The van der Waals surface area contributed by atoms with Crippen molar-refractivity contribution < 1.29 is 14.6 Å². The van der Waals surface area contributed by atoms with Gasteiger partial charge in [-0.2, -0.15) is 0 Å². The predicted octanol–water partition coefficient (Wildman–Crippen LogP) is 1.90. The Morgan fingerprint density at radius 2 is 2.04 bits per heavy atom. The molecule has 1 amide bonds. The number of rotatable bonds is 4. The highest BCUT2D eigenvalue weighted by atomic mass is 16.5. The number of carbonyl (C=O) groups is 1. The van der Waals surface area contributed by atoms with Gasteiger partial charge in [-0.3, -0.25) is 4.79 Å². The molecule has 1 saturated carbocycles. The lowest BCUT2D eigenvalue weighted by molar-refractivity contribution is 0.0128. The van der Waals surface area contributed by atoms with Gasteiger partial charge in [0.05, 0.1) is 12.4 Å². The van der Waals surface area contributed by atoms with Gasteiger partial charge in [0.2, 0.25) is 0 Å². The number of hydrogen-bond acceptors (Lipinski definition) is 4. The molecule has 2 N–H and O–H groups in total. The van der Waals surface area contributed by atoms with Crippen molar-refractivity contribution in [3.63, 3.8) is 0 Å². The number of para-hydroxylation sites is 1. The Hall–Kier alpha value is -2.34. The molecular formula is C18H23N3O3. The van der Waals surface area contributed by atoms with E-state index >= 15 is 0 Å². The molecule has 0 aliphatic heterocycles. The van der Waals surface area contributed by atoms with E-state index in [2.05, 4.69) is 10.3 Å². The first-order valence-electron chi connectivity index (χ1n) is 8.32. The van der Waals surface area contributed by atoms with Gasteiger partial charge in [-0.25, -0.2) is 4.98 Å². The minimum atomic E-state index is -0.750. The van der Waals surface area contributed by atoms with Crippen LogP contribution in [-0.4, -0.2) is 38.8 Å². The predicted molar refractivity (Wildman–Crippen MR) is 89.8 cm³/mol. The Morgan fingerprint density at radius 1 is 1.29 bits per heavy atom. The Balaban J connectivity index is 1.67. The number of aryl methyl sites for hydroxylation is 1. The number of imidazole rings is 1. The van der Waals surface area contributed by atoms with E-state index in [1.807, 2.05) is 37.4 Å². The fraction of sp³-hybridized carbons (Fsp3) is 0.444. The fourth-order valence-electron chi connectivity index (χ4n) is 3.04. The van der Waals surface area contributed by atoms with E-state index in [-0.39, 0.29) is 18.1 Å². The maximum absolute atomic E-state index is 12.3. The maximum Gasteiger partial charge on any atom is 0.271 e. The number of aromatic nitrogens is 2. The lowest BCUT2D eigenvalue weighted by Crippen LogP contribution is -2.49. The summed E-state index contributed by atoms with van der Waals surface area (Å²) >= 11 is 0. The Kier molecular flexibility index (Phi) is 5.15. The number of aliphatic hydroxyl groups excluding tert-OH is 1. The quantitative estimate of drug-likeness (QED) is 0.840. The number of amides is 1. The second-order valence-electron chi connectivity index (χ2n) is 6.25. The number of ether oxygens (including phenoxy) is 1. The zero-order valence-corrected chi connectivity index (χ0v) is 13.8. The van der Waals surface area contributed by atoms with E-state index in [9.17, 15) is 9.90 Å². The third-order valence-electron chi connectivity index (χ3n) is 4.33. The van der Waals surface area contributed by atoms with Crippen molar-refractivity contribution in [2.45, 2.75) is 43.9 Å². The van der Waals surface area contributed by atoms with Crippen LogP contribution in [0, 0.1) is 0 Å². The van der Waals surface area contributed by atoms with Crippen molar-refractivity contribution in [1.29, 1.82) is 0 Å². The normalized spacial score (nSPS) is 24.2. The van der Waals surface area contributed by atoms with Crippen molar-refractivity contribution in [2.24, 2.45) is 7.05 Å². The van der Waals surface area contributed by atoms with Crippen LogP contribution < -0.4 is 10.1 Å². The van der Waals surface area contributed by atoms with Crippen LogP contribution in [0.3, 0.4) is 0 Å². The van der Waals surface area contributed by atoms with E-state index in [1.165, 1.54) is 0 Å². The molecule has 1 heterocycles. The largest absolute Gasteiger partial charge is 0.488 e. The second kappa shape index (κ2) is 7.49. The van der Waals surface area contributed by atoms with Crippen LogP contribution in [0.5, 0.6) is 5.75 Å². The molecule has 2 aromatic rings. The molecule has 0 radical (unpaired) electrons. The van der Waals surface area contributed by atoms with Gasteiger partial charge in [-0.15, -0.1) is 0 Å². The number of nitrogens with zero attached hydrogens (tertiary/aromatic N) is 2. The van der Waals surface area contributed by atoms with E-state index in [1.54, 1.807) is 17.1 Å². The van der Waals surface area contributed by atoms with Gasteiger partial charge in [-0.05, 0) is 31.4 Å². The summed E-state index contributed by atoms with van der Waals surface area (Å²) in [5.41, 5.74) is 0.356. The highest BCUT2D eigenvalue weighted by Gasteiger charge is 2.33. The molecule has 3 rings (SSSR count). The summed E-state index contributed by atoms with van der Waals surface area (Å²) in [7, 11) is 1.81. The molecule has 1 aromatic carbocycles. The van der Waals surface area contributed by atoms with Gasteiger partial charge in [-0.1, -0.05) is 24.6 Å².